The molecule has 1 rings (SSSR count). The molecule has 31 valence electrons. The Labute approximate surface area is 38.2 Å². The molecule has 0 aromatic heterocycles. The summed E-state index contributed by atoms with van der Waals surface area (Å²) in [5.41, 5.74) is 0. The second kappa shape index (κ2) is 1.81. The van der Waals surface area contributed by atoms with Gasteiger partial charge in [0.2, 0.25) is 0 Å². The van der Waals surface area contributed by atoms with Gasteiger partial charge in [-0.05, 0) is 12.8 Å². The van der Waals surface area contributed by atoms with Crippen LogP contribution in [-0.4, -0.2) is 0 Å². The van der Waals surface area contributed by atoms with Crippen molar-refractivity contribution in [1.82, 2.24) is 0 Å². The molecule has 0 saturated carbocycles. The molecule has 0 unspecified atom stereocenters. The summed E-state index contributed by atoms with van der Waals surface area (Å²) in [6, 6.07) is 0. The van der Waals surface area contributed by atoms with Crippen LogP contribution < -0.4 is 0 Å². The van der Waals surface area contributed by atoms with E-state index in [4.69, 9.17) is 0 Å². The summed E-state index contributed by atoms with van der Waals surface area (Å²) in [5, 5.41) is 0. The van der Waals surface area contributed by atoms with E-state index in [9.17, 15) is 0 Å². The highest BCUT2D eigenvalue weighted by Gasteiger charge is 1.78. The van der Waals surface area contributed by atoms with Gasteiger partial charge in [0.15, 0.2) is 0 Å². The van der Waals surface area contributed by atoms with Crippen LogP contribution in [0.25, 0.3) is 0 Å². The lowest BCUT2D eigenvalue weighted by molar-refractivity contribution is 1.27. The summed E-state index contributed by atoms with van der Waals surface area (Å²) in [4.78, 5) is 0. The standard InChI is InChI=1S/C6H7/c1-2-4-6-5-3-1/h1-5H,6H2. The number of hydrogen-bond acceptors (Lipinski definition) is 0. The van der Waals surface area contributed by atoms with Crippen molar-refractivity contribution >= 4 is 0 Å². The third-order valence-electron chi connectivity index (χ3n) is 0.767. The molecule has 0 nitrogen and oxygen atoms in total. The molecule has 0 fully saturated rings. The quantitative estimate of drug-likeness (QED) is 0.414. The summed E-state index contributed by atoms with van der Waals surface area (Å²) in [6.45, 7) is 0. The predicted molar refractivity (Wildman–Crippen MR) is 27.2 cm³/mol. The van der Waals surface area contributed by atoms with Gasteiger partial charge in [-0.1, -0.05) is 24.3 Å². The molecule has 0 atom stereocenters. The number of allylic oxidation sites excluding steroid dienone is 4. The van der Waals surface area contributed by atoms with Gasteiger partial charge in [0.05, 0.1) is 0 Å². The highest BCUT2D eigenvalue weighted by molar-refractivity contribution is 5.14. The maximum atomic E-state index is 2.12. The van der Waals surface area contributed by atoms with Crippen LogP contribution in [0.1, 0.15) is 6.42 Å². The zero-order chi connectivity index (χ0) is 4.24. The van der Waals surface area contributed by atoms with Crippen molar-refractivity contribution in [2.75, 3.05) is 0 Å². The van der Waals surface area contributed by atoms with Crippen molar-refractivity contribution < 1.29 is 0 Å². The molecule has 1 aliphatic carbocycles. The molecule has 1 aliphatic rings. The molecule has 0 aromatic carbocycles. The molecule has 1 radical (unpaired) electrons. The van der Waals surface area contributed by atoms with Crippen LogP contribution in [-0.2, 0) is 0 Å². The highest BCUT2D eigenvalue weighted by atomic mass is 13.8. The van der Waals surface area contributed by atoms with Crippen molar-refractivity contribution in [2.24, 2.45) is 0 Å². The third-order valence-corrected chi connectivity index (χ3v) is 0.767. The summed E-state index contributed by atoms with van der Waals surface area (Å²) in [7, 11) is 0. The van der Waals surface area contributed by atoms with E-state index < -0.39 is 0 Å². The fraction of sp³-hybridized carbons (Fsp3) is 0.167. The molecular weight excluding hydrogens is 72.1 g/mol. The molecule has 0 bridgehead atoms. The molecule has 0 aliphatic heterocycles. The van der Waals surface area contributed by atoms with Gasteiger partial charge < -0.3 is 0 Å². The van der Waals surface area contributed by atoms with Gasteiger partial charge in [-0.15, -0.1) is 0 Å². The summed E-state index contributed by atoms with van der Waals surface area (Å²) < 4.78 is 0. The molecule has 0 saturated heterocycles. The minimum absolute atomic E-state index is 1.11. The molecule has 0 heteroatoms. The molecule has 0 amide bonds. The van der Waals surface area contributed by atoms with E-state index in [-0.39, 0.29) is 0 Å². The van der Waals surface area contributed by atoms with E-state index in [0.29, 0.717) is 0 Å². The zero-order valence-electron chi connectivity index (χ0n) is 3.59. The molecule has 0 aromatic rings. The van der Waals surface area contributed by atoms with Gasteiger partial charge >= 0.3 is 0 Å². The smallest absolute Gasteiger partial charge is 0.0130 e. The van der Waals surface area contributed by atoms with Crippen molar-refractivity contribution in [2.45, 2.75) is 6.42 Å². The van der Waals surface area contributed by atoms with Crippen LogP contribution in [0, 0.1) is 6.42 Å². The minimum atomic E-state index is 1.11. The maximum Gasteiger partial charge on any atom is -0.0130 e. The van der Waals surface area contributed by atoms with Crippen LogP contribution in [0.4, 0.5) is 0 Å². The van der Waals surface area contributed by atoms with Gasteiger partial charge in [-0.3, -0.25) is 0 Å². The van der Waals surface area contributed by atoms with Gasteiger partial charge in [0.1, 0.15) is 0 Å². The molecular formula is C6H7. The van der Waals surface area contributed by atoms with E-state index in [2.05, 4.69) is 24.6 Å². The molecule has 0 spiro atoms. The topological polar surface area (TPSA) is 0 Å². The summed E-state index contributed by atoms with van der Waals surface area (Å²) in [5.74, 6) is 0. The first-order chi connectivity index (χ1) is 3.00. The van der Waals surface area contributed by atoms with Gasteiger partial charge in [-0.25, -0.2) is 0 Å². The van der Waals surface area contributed by atoms with Gasteiger partial charge in [-0.2, -0.15) is 0 Å². The van der Waals surface area contributed by atoms with Crippen LogP contribution in [0.15, 0.2) is 24.3 Å². The Hall–Kier alpha value is -0.520. The first kappa shape index (κ1) is 3.66. The van der Waals surface area contributed by atoms with Crippen molar-refractivity contribution in [3.8, 4) is 0 Å². The van der Waals surface area contributed by atoms with Crippen LogP contribution >= 0.6 is 0 Å². The fourth-order valence-electron chi connectivity index (χ4n) is 0.457. The Bertz CT molecular complexity index is 66.0. The van der Waals surface area contributed by atoms with E-state index in [1.807, 2.05) is 6.08 Å². The highest BCUT2D eigenvalue weighted by Crippen LogP contribution is 1.96. The lowest BCUT2D eigenvalue weighted by atomic mass is 10.2. The Morgan fingerprint density at radius 3 is 2.17 bits per heavy atom. The molecule has 0 N–H and O–H groups in total. The second-order valence-electron chi connectivity index (χ2n) is 1.28. The fourth-order valence-corrected chi connectivity index (χ4v) is 0.457. The van der Waals surface area contributed by atoms with E-state index in [0.717, 1.165) is 6.42 Å². The average Bonchev–Trinajstić information content (AvgIpc) is 1.72. The Balaban J connectivity index is 2.46. The third kappa shape index (κ3) is 0.713. The SMILES string of the molecule is [CH]1C=CC=CC1. The van der Waals surface area contributed by atoms with E-state index in [1.165, 1.54) is 0 Å². The second-order valence-corrected chi connectivity index (χ2v) is 1.28. The van der Waals surface area contributed by atoms with Gasteiger partial charge in [0, 0.05) is 0 Å². The van der Waals surface area contributed by atoms with E-state index in [1.54, 1.807) is 0 Å². The van der Waals surface area contributed by atoms with Crippen molar-refractivity contribution in [3.63, 3.8) is 0 Å². The normalized spacial score (nSPS) is 18.7. The number of hydrogen-bond donors (Lipinski definition) is 0. The molecule has 6 heavy (non-hydrogen) atoms. The summed E-state index contributed by atoms with van der Waals surface area (Å²) >= 11 is 0. The monoisotopic (exact) mass is 79.1 g/mol. The van der Waals surface area contributed by atoms with Gasteiger partial charge in [0.25, 0.3) is 0 Å². The van der Waals surface area contributed by atoms with Crippen LogP contribution in [0.3, 0.4) is 0 Å². The predicted octanol–water partition coefficient (Wildman–Crippen LogP) is 1.71. The minimum Gasteiger partial charge on any atom is -0.0839 e. The first-order valence-electron chi connectivity index (χ1n) is 2.15. The van der Waals surface area contributed by atoms with Crippen LogP contribution in [0.5, 0.6) is 0 Å². The maximum absolute atomic E-state index is 2.12. The Kier molecular flexibility index (Phi) is 1.10. The lowest BCUT2D eigenvalue weighted by Crippen LogP contribution is -1.69. The summed E-state index contributed by atoms with van der Waals surface area (Å²) in [6.07, 6.45) is 11.5. The van der Waals surface area contributed by atoms with Crippen LogP contribution in [0.2, 0.25) is 0 Å². The average molecular weight is 79.1 g/mol. The largest absolute Gasteiger partial charge is 0.0839 e. The zero-order valence-corrected chi connectivity index (χ0v) is 3.59. The van der Waals surface area contributed by atoms with E-state index >= 15 is 0 Å². The number of rotatable bonds is 0. The molecule has 0 heterocycles. The van der Waals surface area contributed by atoms with Crippen molar-refractivity contribution in [1.29, 1.82) is 0 Å². The first-order valence-corrected chi connectivity index (χ1v) is 2.15. The Morgan fingerprint density at radius 2 is 2.00 bits per heavy atom. The lowest BCUT2D eigenvalue weighted by Gasteiger charge is -1.87. The van der Waals surface area contributed by atoms with Crippen molar-refractivity contribution in [3.05, 3.63) is 30.7 Å². The Morgan fingerprint density at radius 1 is 1.00 bits per heavy atom.